The molecule has 3 nitrogen and oxygen atoms in total. The van der Waals surface area contributed by atoms with E-state index in [1.807, 2.05) is 6.20 Å². The Morgan fingerprint density at radius 2 is 1.88 bits per heavy atom. The van der Waals surface area contributed by atoms with Crippen LogP contribution in [-0.4, -0.2) is 42.1 Å². The molecule has 0 amide bonds. The highest BCUT2D eigenvalue weighted by atomic mass is 79.9. The number of nitrogens with zero attached hydrogens (tertiary/aromatic N) is 3. The van der Waals surface area contributed by atoms with Crippen molar-refractivity contribution < 1.29 is 0 Å². The van der Waals surface area contributed by atoms with E-state index in [1.165, 1.54) is 5.56 Å². The number of hydrogen-bond acceptors (Lipinski definition) is 3. The molecular formula is C13H20BrN3. The van der Waals surface area contributed by atoms with Gasteiger partial charge in [0.25, 0.3) is 0 Å². The monoisotopic (exact) mass is 297 g/mol. The Labute approximate surface area is 112 Å². The number of pyridine rings is 1. The van der Waals surface area contributed by atoms with Crippen LogP contribution in [0.25, 0.3) is 0 Å². The van der Waals surface area contributed by atoms with Gasteiger partial charge in [0.2, 0.25) is 0 Å². The van der Waals surface area contributed by atoms with Crippen LogP contribution < -0.4 is 4.90 Å². The zero-order valence-electron chi connectivity index (χ0n) is 10.9. The molecule has 17 heavy (non-hydrogen) atoms. The average molecular weight is 298 g/mol. The third-order valence-corrected chi connectivity index (χ3v) is 4.20. The van der Waals surface area contributed by atoms with E-state index in [2.05, 4.69) is 64.6 Å². The molecule has 0 spiro atoms. The first kappa shape index (κ1) is 12.8. The number of halogens is 1. The van der Waals surface area contributed by atoms with Gasteiger partial charge in [0.1, 0.15) is 5.82 Å². The summed E-state index contributed by atoms with van der Waals surface area (Å²) >= 11 is 3.62. The molecule has 0 aliphatic carbocycles. The maximum absolute atomic E-state index is 4.56. The Morgan fingerprint density at radius 1 is 1.29 bits per heavy atom. The third kappa shape index (κ3) is 2.63. The fourth-order valence-electron chi connectivity index (χ4n) is 2.34. The van der Waals surface area contributed by atoms with Gasteiger partial charge in [0.15, 0.2) is 0 Å². The van der Waals surface area contributed by atoms with Crippen LogP contribution in [0, 0.1) is 6.92 Å². The fourth-order valence-corrected chi connectivity index (χ4v) is 3.05. The molecule has 2 rings (SSSR count). The molecule has 0 bridgehead atoms. The van der Waals surface area contributed by atoms with Crippen LogP contribution in [0.4, 0.5) is 5.82 Å². The van der Waals surface area contributed by atoms with Gasteiger partial charge in [0.05, 0.1) is 4.47 Å². The highest BCUT2D eigenvalue weighted by Gasteiger charge is 2.27. The van der Waals surface area contributed by atoms with Crippen molar-refractivity contribution in [2.75, 3.05) is 25.0 Å². The topological polar surface area (TPSA) is 19.4 Å². The lowest BCUT2D eigenvalue weighted by atomic mass is 10.1. The summed E-state index contributed by atoms with van der Waals surface area (Å²) in [6.07, 6.45) is 1.94. The van der Waals surface area contributed by atoms with Crippen molar-refractivity contribution in [1.82, 2.24) is 9.88 Å². The van der Waals surface area contributed by atoms with E-state index in [9.17, 15) is 0 Å². The molecule has 1 aliphatic heterocycles. The van der Waals surface area contributed by atoms with Crippen LogP contribution in [0.15, 0.2) is 16.7 Å². The van der Waals surface area contributed by atoms with E-state index >= 15 is 0 Å². The number of aromatic nitrogens is 1. The Hall–Kier alpha value is -0.610. The average Bonchev–Trinajstić information content (AvgIpc) is 2.25. The summed E-state index contributed by atoms with van der Waals surface area (Å²) in [6, 6.07) is 3.26. The molecule has 1 aromatic rings. The van der Waals surface area contributed by atoms with Crippen LogP contribution in [0.5, 0.6) is 0 Å². The van der Waals surface area contributed by atoms with Gasteiger partial charge >= 0.3 is 0 Å². The molecule has 1 aliphatic rings. The fraction of sp³-hybridized carbons (Fsp3) is 0.615. The first-order valence-electron chi connectivity index (χ1n) is 6.08. The van der Waals surface area contributed by atoms with Crippen LogP contribution in [0.3, 0.4) is 0 Å². The van der Waals surface area contributed by atoms with Crippen molar-refractivity contribution in [2.24, 2.45) is 0 Å². The second-order valence-corrected chi connectivity index (χ2v) is 5.94. The summed E-state index contributed by atoms with van der Waals surface area (Å²) < 4.78 is 1.10. The predicted molar refractivity (Wildman–Crippen MR) is 75.6 cm³/mol. The maximum atomic E-state index is 4.56. The van der Waals surface area contributed by atoms with Gasteiger partial charge < -0.3 is 4.90 Å². The van der Waals surface area contributed by atoms with Gasteiger partial charge in [-0.05, 0) is 55.4 Å². The second-order valence-electron chi connectivity index (χ2n) is 5.09. The molecule has 0 N–H and O–H groups in total. The van der Waals surface area contributed by atoms with Crippen LogP contribution in [-0.2, 0) is 0 Å². The van der Waals surface area contributed by atoms with Crippen LogP contribution in [0.1, 0.15) is 19.4 Å². The Bertz CT molecular complexity index is 396. The van der Waals surface area contributed by atoms with E-state index in [4.69, 9.17) is 0 Å². The van der Waals surface area contributed by atoms with E-state index in [1.54, 1.807) is 0 Å². The molecule has 4 heteroatoms. The van der Waals surface area contributed by atoms with Gasteiger partial charge in [-0.1, -0.05) is 0 Å². The van der Waals surface area contributed by atoms with E-state index in [-0.39, 0.29) is 0 Å². The van der Waals surface area contributed by atoms with Crippen molar-refractivity contribution in [3.63, 3.8) is 0 Å². The largest absolute Gasteiger partial charge is 0.353 e. The van der Waals surface area contributed by atoms with Crippen LogP contribution >= 0.6 is 15.9 Å². The van der Waals surface area contributed by atoms with Gasteiger partial charge in [-0.25, -0.2) is 4.98 Å². The minimum absolute atomic E-state index is 0.564. The lowest BCUT2D eigenvalue weighted by Crippen LogP contribution is -2.55. The van der Waals surface area contributed by atoms with Crippen molar-refractivity contribution in [1.29, 1.82) is 0 Å². The van der Waals surface area contributed by atoms with Crippen molar-refractivity contribution in [3.8, 4) is 0 Å². The predicted octanol–water partition coefficient (Wildman–Crippen LogP) is 2.68. The van der Waals surface area contributed by atoms with Gasteiger partial charge in [-0.2, -0.15) is 0 Å². The maximum Gasteiger partial charge on any atom is 0.142 e. The molecular weight excluding hydrogens is 278 g/mol. The highest BCUT2D eigenvalue weighted by molar-refractivity contribution is 9.10. The number of aryl methyl sites for hydroxylation is 1. The molecule has 94 valence electrons. The number of rotatable bonds is 1. The molecule has 2 unspecified atom stereocenters. The first-order valence-corrected chi connectivity index (χ1v) is 6.87. The summed E-state index contributed by atoms with van der Waals surface area (Å²) in [5, 5.41) is 0. The second kappa shape index (κ2) is 4.94. The van der Waals surface area contributed by atoms with Crippen LogP contribution in [0.2, 0.25) is 0 Å². The molecule has 0 radical (unpaired) electrons. The molecule has 1 saturated heterocycles. The molecule has 0 aromatic carbocycles. The quantitative estimate of drug-likeness (QED) is 0.794. The molecule has 0 saturated carbocycles. The third-order valence-electron chi connectivity index (χ3n) is 3.62. The lowest BCUT2D eigenvalue weighted by Gasteiger charge is -2.43. The van der Waals surface area contributed by atoms with Crippen molar-refractivity contribution >= 4 is 21.7 Å². The van der Waals surface area contributed by atoms with E-state index in [0.717, 1.165) is 23.4 Å². The zero-order valence-corrected chi connectivity index (χ0v) is 12.5. The summed E-state index contributed by atoms with van der Waals surface area (Å²) in [5.74, 6) is 1.07. The smallest absolute Gasteiger partial charge is 0.142 e. The van der Waals surface area contributed by atoms with Gasteiger partial charge in [-0.15, -0.1) is 0 Å². The summed E-state index contributed by atoms with van der Waals surface area (Å²) in [5.41, 5.74) is 1.19. The minimum Gasteiger partial charge on any atom is -0.353 e. The normalized spacial score (nSPS) is 26.3. The van der Waals surface area contributed by atoms with Gasteiger partial charge in [-0.3, -0.25) is 4.90 Å². The van der Waals surface area contributed by atoms with Crippen molar-refractivity contribution in [2.45, 2.75) is 32.9 Å². The number of piperazine rings is 1. The Morgan fingerprint density at radius 3 is 2.41 bits per heavy atom. The Kier molecular flexibility index (Phi) is 3.73. The summed E-state index contributed by atoms with van der Waals surface area (Å²) in [7, 11) is 2.20. The number of likely N-dealkylation sites (N-methyl/N-ethyl adjacent to an activating group) is 1. The van der Waals surface area contributed by atoms with Gasteiger partial charge in [0, 0.05) is 31.4 Å². The van der Waals surface area contributed by atoms with E-state index in [0.29, 0.717) is 12.1 Å². The molecule has 1 fully saturated rings. The standard InChI is InChI=1S/C13H20BrN3/c1-9-5-12(14)13(15-6-9)17-7-10(2)16(4)11(3)8-17/h5-6,10-11H,7-8H2,1-4H3. The Balaban J connectivity index is 2.23. The SMILES string of the molecule is Cc1cnc(N2CC(C)N(C)C(C)C2)c(Br)c1. The molecule has 2 heterocycles. The molecule has 2 atom stereocenters. The first-order chi connectivity index (χ1) is 7.99. The summed E-state index contributed by atoms with van der Waals surface area (Å²) in [6.45, 7) is 8.68. The number of hydrogen-bond donors (Lipinski definition) is 0. The minimum atomic E-state index is 0.564. The van der Waals surface area contributed by atoms with E-state index < -0.39 is 0 Å². The van der Waals surface area contributed by atoms with Crippen molar-refractivity contribution in [3.05, 3.63) is 22.3 Å². The summed E-state index contributed by atoms with van der Waals surface area (Å²) in [4.78, 5) is 9.36. The lowest BCUT2D eigenvalue weighted by molar-refractivity contribution is 0.169. The zero-order chi connectivity index (χ0) is 12.6. The number of anilines is 1. The molecule has 1 aromatic heterocycles. The highest BCUT2D eigenvalue weighted by Crippen LogP contribution is 2.27.